The van der Waals surface area contributed by atoms with Crippen LogP contribution in [-0.4, -0.2) is 19.9 Å². The maximum Gasteiger partial charge on any atom is 0.251 e. The highest BCUT2D eigenvalue weighted by atomic mass is 32.2. The van der Waals surface area contributed by atoms with Gasteiger partial charge >= 0.3 is 0 Å². The van der Waals surface area contributed by atoms with Gasteiger partial charge in [-0.25, -0.2) is 15.0 Å². The first-order valence-corrected chi connectivity index (χ1v) is 6.34. The first-order valence-electron chi connectivity index (χ1n) is 5.53. The summed E-state index contributed by atoms with van der Waals surface area (Å²) >= 11 is 1.21. The van der Waals surface area contributed by atoms with Crippen LogP contribution in [0.1, 0.15) is 19.0 Å². The van der Waals surface area contributed by atoms with Crippen molar-refractivity contribution in [2.75, 3.05) is 5.73 Å². The average molecular weight is 263 g/mol. The molecule has 0 saturated heterocycles. The van der Waals surface area contributed by atoms with Gasteiger partial charge in [-0.1, -0.05) is 13.3 Å². The van der Waals surface area contributed by atoms with E-state index in [-0.39, 0.29) is 5.56 Å². The number of aromatic nitrogens is 4. The first-order chi connectivity index (χ1) is 8.67. The van der Waals surface area contributed by atoms with Crippen LogP contribution in [0.3, 0.4) is 0 Å². The van der Waals surface area contributed by atoms with Crippen molar-refractivity contribution >= 4 is 17.4 Å². The summed E-state index contributed by atoms with van der Waals surface area (Å²) in [4.78, 5) is 26.5. The summed E-state index contributed by atoms with van der Waals surface area (Å²) < 4.78 is 0. The van der Waals surface area contributed by atoms with E-state index in [4.69, 9.17) is 5.73 Å². The number of hydrogen-bond donors (Lipinski definition) is 2. The second-order valence-electron chi connectivity index (χ2n) is 3.69. The smallest absolute Gasteiger partial charge is 0.251 e. The van der Waals surface area contributed by atoms with Crippen molar-refractivity contribution in [1.29, 1.82) is 0 Å². The molecule has 0 saturated carbocycles. The number of aromatic amines is 1. The molecule has 2 heterocycles. The highest BCUT2D eigenvalue weighted by molar-refractivity contribution is 7.99. The Morgan fingerprint density at radius 3 is 2.78 bits per heavy atom. The molecule has 3 N–H and O–H groups in total. The maximum atomic E-state index is 11.5. The Bertz CT molecular complexity index is 581. The SMILES string of the molecule is CCCc1cc(=O)[nH]c(Sc2ncc(N)cn2)n1. The lowest BCUT2D eigenvalue weighted by atomic mass is 10.2. The standard InChI is InChI=1S/C11H13N5OS/c1-2-3-8-4-9(17)16-11(15-8)18-10-13-5-7(12)6-14-10/h4-6H,2-3,12H2,1H3,(H,15,16,17). The lowest BCUT2D eigenvalue weighted by molar-refractivity contribution is 0.812. The number of rotatable bonds is 4. The zero-order valence-electron chi connectivity index (χ0n) is 9.88. The lowest BCUT2D eigenvalue weighted by Crippen LogP contribution is -2.10. The van der Waals surface area contributed by atoms with Gasteiger partial charge in [-0.05, 0) is 18.2 Å². The van der Waals surface area contributed by atoms with Gasteiger partial charge in [0.25, 0.3) is 5.56 Å². The third-order valence-electron chi connectivity index (χ3n) is 2.12. The van der Waals surface area contributed by atoms with E-state index in [1.165, 1.54) is 30.2 Å². The van der Waals surface area contributed by atoms with E-state index in [9.17, 15) is 4.79 Å². The Kier molecular flexibility index (Phi) is 3.93. The molecule has 2 aromatic rings. The number of nitrogens with two attached hydrogens (primary N) is 1. The third-order valence-corrected chi connectivity index (χ3v) is 2.90. The molecule has 0 aliphatic carbocycles. The van der Waals surface area contributed by atoms with Crippen LogP contribution >= 0.6 is 11.8 Å². The minimum absolute atomic E-state index is 0.161. The minimum atomic E-state index is -0.161. The van der Waals surface area contributed by atoms with Gasteiger partial charge in [0, 0.05) is 11.8 Å². The van der Waals surface area contributed by atoms with Crippen LogP contribution < -0.4 is 11.3 Å². The van der Waals surface area contributed by atoms with Crippen molar-refractivity contribution < 1.29 is 0 Å². The van der Waals surface area contributed by atoms with E-state index < -0.39 is 0 Å². The Labute approximate surface area is 108 Å². The van der Waals surface area contributed by atoms with Gasteiger partial charge in [0.05, 0.1) is 18.1 Å². The molecule has 0 atom stereocenters. The number of nitrogen functional groups attached to an aromatic ring is 1. The largest absolute Gasteiger partial charge is 0.396 e. The molecular weight excluding hydrogens is 250 g/mol. The van der Waals surface area contributed by atoms with E-state index in [1.54, 1.807) is 0 Å². The van der Waals surface area contributed by atoms with Gasteiger partial charge in [0.2, 0.25) is 0 Å². The highest BCUT2D eigenvalue weighted by Gasteiger charge is 2.05. The summed E-state index contributed by atoms with van der Waals surface area (Å²) in [6.45, 7) is 2.04. The molecule has 0 fully saturated rings. The molecule has 0 aromatic carbocycles. The fourth-order valence-corrected chi connectivity index (χ4v) is 2.08. The first kappa shape index (κ1) is 12.6. The van der Waals surface area contributed by atoms with Gasteiger partial charge < -0.3 is 10.7 Å². The van der Waals surface area contributed by atoms with E-state index in [0.29, 0.717) is 16.0 Å². The van der Waals surface area contributed by atoms with Crippen LogP contribution in [0, 0.1) is 0 Å². The summed E-state index contributed by atoms with van der Waals surface area (Å²) in [5.74, 6) is 0. The van der Waals surface area contributed by atoms with Crippen LogP contribution in [0.5, 0.6) is 0 Å². The maximum absolute atomic E-state index is 11.5. The summed E-state index contributed by atoms with van der Waals surface area (Å²) in [6.07, 6.45) is 4.76. The monoisotopic (exact) mass is 263 g/mol. The fraction of sp³-hybridized carbons (Fsp3) is 0.273. The molecule has 0 bridgehead atoms. The van der Waals surface area contributed by atoms with Crippen LogP contribution in [0.15, 0.2) is 33.6 Å². The Morgan fingerprint density at radius 1 is 1.39 bits per heavy atom. The summed E-state index contributed by atoms with van der Waals surface area (Å²) in [7, 11) is 0. The molecule has 0 spiro atoms. The van der Waals surface area contributed by atoms with Crippen LogP contribution in [0.25, 0.3) is 0 Å². The second-order valence-corrected chi connectivity index (χ2v) is 4.65. The molecule has 0 amide bonds. The van der Waals surface area contributed by atoms with Crippen molar-refractivity contribution in [1.82, 2.24) is 19.9 Å². The minimum Gasteiger partial charge on any atom is -0.396 e. The molecule has 0 radical (unpaired) electrons. The van der Waals surface area contributed by atoms with E-state index in [0.717, 1.165) is 18.5 Å². The molecule has 94 valence electrons. The topological polar surface area (TPSA) is 97.5 Å². The predicted molar refractivity (Wildman–Crippen MR) is 69.4 cm³/mol. The van der Waals surface area contributed by atoms with Gasteiger partial charge in [-0.15, -0.1) is 0 Å². The van der Waals surface area contributed by atoms with Crippen molar-refractivity contribution in [2.24, 2.45) is 0 Å². The summed E-state index contributed by atoms with van der Waals surface area (Å²) in [6, 6.07) is 1.51. The van der Waals surface area contributed by atoms with Crippen LogP contribution in [0.2, 0.25) is 0 Å². The number of aryl methyl sites for hydroxylation is 1. The van der Waals surface area contributed by atoms with Gasteiger partial charge in [0.1, 0.15) is 0 Å². The number of nitrogens with one attached hydrogen (secondary N) is 1. The van der Waals surface area contributed by atoms with Crippen molar-refractivity contribution in [2.45, 2.75) is 30.1 Å². The Balaban J connectivity index is 2.23. The van der Waals surface area contributed by atoms with E-state index >= 15 is 0 Å². The third kappa shape index (κ3) is 3.30. The lowest BCUT2D eigenvalue weighted by Gasteiger charge is -2.02. The van der Waals surface area contributed by atoms with Crippen LogP contribution in [0.4, 0.5) is 5.69 Å². The van der Waals surface area contributed by atoms with Crippen LogP contribution in [-0.2, 0) is 6.42 Å². The number of H-pyrrole nitrogens is 1. The normalized spacial score (nSPS) is 10.5. The molecule has 0 aliphatic heterocycles. The molecule has 0 unspecified atom stereocenters. The van der Waals surface area contributed by atoms with E-state index in [2.05, 4.69) is 19.9 Å². The molecule has 18 heavy (non-hydrogen) atoms. The van der Waals surface area contributed by atoms with Gasteiger partial charge in [0.15, 0.2) is 10.3 Å². The van der Waals surface area contributed by atoms with Gasteiger partial charge in [-0.2, -0.15) is 0 Å². The van der Waals surface area contributed by atoms with Gasteiger partial charge in [-0.3, -0.25) is 4.79 Å². The molecule has 2 aromatic heterocycles. The molecular formula is C11H13N5OS. The molecule has 0 aliphatic rings. The second kappa shape index (κ2) is 5.63. The zero-order valence-corrected chi connectivity index (χ0v) is 10.7. The Morgan fingerprint density at radius 2 is 2.11 bits per heavy atom. The number of hydrogen-bond acceptors (Lipinski definition) is 6. The highest BCUT2D eigenvalue weighted by Crippen LogP contribution is 2.19. The van der Waals surface area contributed by atoms with Crippen molar-refractivity contribution in [3.63, 3.8) is 0 Å². The number of anilines is 1. The molecule has 6 nitrogen and oxygen atoms in total. The molecule has 2 rings (SSSR count). The predicted octanol–water partition coefficient (Wildman–Crippen LogP) is 1.25. The quantitative estimate of drug-likeness (QED) is 0.805. The average Bonchev–Trinajstić information content (AvgIpc) is 2.32. The zero-order chi connectivity index (χ0) is 13.0. The van der Waals surface area contributed by atoms with Crippen molar-refractivity contribution in [3.8, 4) is 0 Å². The number of nitrogens with zero attached hydrogens (tertiary/aromatic N) is 3. The summed E-state index contributed by atoms with van der Waals surface area (Å²) in [5.41, 5.74) is 6.62. The molecule has 7 heteroatoms. The summed E-state index contributed by atoms with van der Waals surface area (Å²) in [5, 5.41) is 0.997. The van der Waals surface area contributed by atoms with E-state index in [1.807, 2.05) is 6.92 Å². The van der Waals surface area contributed by atoms with Crippen molar-refractivity contribution in [3.05, 3.63) is 34.5 Å². The fourth-order valence-electron chi connectivity index (χ4n) is 1.38. The Hall–Kier alpha value is -1.89.